The fraction of sp³-hybridized carbons (Fsp3) is 0.458. The molecule has 2 aromatic rings. The maximum atomic E-state index is 3.43. The Hall–Kier alpha value is -0.603. The molecule has 2 heteroatoms. The number of fused-ring (bicyclic) bond motifs is 1. The molecular formula is C24H34HfSi-2. The molecule has 1 atom stereocenters. The zero-order valence-electron chi connectivity index (χ0n) is 17.8. The largest absolute Gasteiger partial charge is 0.268 e. The van der Waals surface area contributed by atoms with Crippen LogP contribution in [0.25, 0.3) is 6.08 Å². The maximum Gasteiger partial charge on any atom is 0.0307 e. The summed E-state index contributed by atoms with van der Waals surface area (Å²) >= 11 is 0. The summed E-state index contributed by atoms with van der Waals surface area (Å²) in [6.45, 7) is 17.5. The van der Waals surface area contributed by atoms with Crippen molar-refractivity contribution in [3.05, 3.63) is 69.8 Å². The topological polar surface area (TPSA) is 0 Å². The average Bonchev–Trinajstić information content (AvgIpc) is 3.06. The van der Waals surface area contributed by atoms with Crippen molar-refractivity contribution in [2.45, 2.75) is 67.0 Å². The predicted octanol–water partition coefficient (Wildman–Crippen LogP) is 7.07. The Kier molecular flexibility index (Phi) is 12.4. The standard InChI is InChI=1S/C13H15.C9H13.C2H6Si.Hf/c1-10(2)9-12-8-7-11-5-3-4-6-13(11)12;1-6-5-7(2)9(4)8(6)3;1-3-2;/h3-7,10,12H,9H2,1-2H3;5H,1-4H3;1-2H3;/q2*-1;;. The van der Waals surface area contributed by atoms with Crippen molar-refractivity contribution in [3.8, 4) is 0 Å². The van der Waals surface area contributed by atoms with Crippen LogP contribution in [0.5, 0.6) is 0 Å². The normalized spacial score (nSPS) is 14.0. The minimum absolute atomic E-state index is 0. The first kappa shape index (κ1) is 25.4. The van der Waals surface area contributed by atoms with Gasteiger partial charge in [-0.1, -0.05) is 85.2 Å². The van der Waals surface area contributed by atoms with E-state index in [1.807, 2.05) is 0 Å². The van der Waals surface area contributed by atoms with Crippen LogP contribution in [0.2, 0.25) is 13.1 Å². The van der Waals surface area contributed by atoms with Crippen molar-refractivity contribution in [2.75, 3.05) is 0 Å². The van der Waals surface area contributed by atoms with Gasteiger partial charge in [0.25, 0.3) is 0 Å². The van der Waals surface area contributed by atoms with Crippen molar-refractivity contribution in [3.63, 3.8) is 0 Å². The van der Waals surface area contributed by atoms with E-state index in [-0.39, 0.29) is 25.8 Å². The summed E-state index contributed by atoms with van der Waals surface area (Å²) in [5.74, 6) is 1.29. The van der Waals surface area contributed by atoms with Gasteiger partial charge >= 0.3 is 0 Å². The summed E-state index contributed by atoms with van der Waals surface area (Å²) in [6, 6.07) is 10.8. The van der Waals surface area contributed by atoms with Crippen LogP contribution in [0.3, 0.4) is 0 Å². The Morgan fingerprint density at radius 3 is 2.12 bits per heavy atom. The molecule has 0 bridgehead atoms. The fourth-order valence-electron chi connectivity index (χ4n) is 3.04. The van der Waals surface area contributed by atoms with Crippen molar-refractivity contribution in [1.29, 1.82) is 0 Å². The predicted molar refractivity (Wildman–Crippen MR) is 115 cm³/mol. The molecule has 140 valence electrons. The van der Waals surface area contributed by atoms with Crippen LogP contribution in [-0.4, -0.2) is 9.52 Å². The molecule has 0 heterocycles. The van der Waals surface area contributed by atoms with Crippen LogP contribution in [0.4, 0.5) is 0 Å². The van der Waals surface area contributed by atoms with Gasteiger partial charge < -0.3 is 0 Å². The Morgan fingerprint density at radius 2 is 1.69 bits per heavy atom. The maximum absolute atomic E-state index is 3.43. The molecule has 1 unspecified atom stereocenters. The van der Waals surface area contributed by atoms with Crippen LogP contribution >= 0.6 is 0 Å². The van der Waals surface area contributed by atoms with Gasteiger partial charge in [0.05, 0.1) is 0 Å². The Labute approximate surface area is 183 Å². The number of hydrogen-bond acceptors (Lipinski definition) is 0. The van der Waals surface area contributed by atoms with E-state index in [4.69, 9.17) is 0 Å². The van der Waals surface area contributed by atoms with Gasteiger partial charge in [-0.3, -0.25) is 6.08 Å². The second kappa shape index (κ2) is 12.7. The van der Waals surface area contributed by atoms with Crippen LogP contribution in [0, 0.1) is 39.7 Å². The summed E-state index contributed by atoms with van der Waals surface area (Å²) in [6.07, 6.45) is 6.77. The van der Waals surface area contributed by atoms with Crippen LogP contribution < -0.4 is 0 Å². The Balaban J connectivity index is 0.000000423. The van der Waals surface area contributed by atoms with Crippen LogP contribution in [0.15, 0.2) is 30.3 Å². The van der Waals surface area contributed by atoms with Gasteiger partial charge in [-0.25, -0.2) is 6.08 Å². The van der Waals surface area contributed by atoms with Gasteiger partial charge in [0, 0.05) is 35.4 Å². The van der Waals surface area contributed by atoms with Crippen molar-refractivity contribution < 1.29 is 25.8 Å². The zero-order valence-corrected chi connectivity index (χ0v) is 22.4. The van der Waals surface area contributed by atoms with E-state index in [0.717, 1.165) is 15.4 Å². The number of aryl methyl sites for hydroxylation is 2. The van der Waals surface area contributed by atoms with Gasteiger partial charge in [-0.15, -0.1) is 11.6 Å². The Morgan fingerprint density at radius 1 is 1.12 bits per heavy atom. The zero-order chi connectivity index (χ0) is 19.0. The number of benzene rings is 1. The van der Waals surface area contributed by atoms with E-state index < -0.39 is 0 Å². The van der Waals surface area contributed by atoms with E-state index in [0.29, 0.717) is 5.92 Å². The third-order valence-electron chi connectivity index (χ3n) is 4.70. The fourth-order valence-corrected chi connectivity index (χ4v) is 3.04. The number of allylic oxidation sites excluding steroid dienone is 1. The van der Waals surface area contributed by atoms with E-state index in [2.05, 4.69) is 97.1 Å². The monoisotopic (exact) mass is 530 g/mol. The van der Waals surface area contributed by atoms with Crippen molar-refractivity contribution in [2.24, 2.45) is 5.92 Å². The second-order valence-corrected chi connectivity index (χ2v) is 8.38. The van der Waals surface area contributed by atoms with Gasteiger partial charge in [0.15, 0.2) is 0 Å². The molecule has 0 fully saturated rings. The molecule has 1 aliphatic rings. The molecule has 0 spiro atoms. The average molecular weight is 529 g/mol. The molecule has 0 amide bonds. The minimum Gasteiger partial charge on any atom is -0.268 e. The first-order valence-electron chi connectivity index (χ1n) is 9.28. The van der Waals surface area contributed by atoms with Gasteiger partial charge in [0.2, 0.25) is 0 Å². The molecule has 26 heavy (non-hydrogen) atoms. The third-order valence-corrected chi connectivity index (χ3v) is 4.70. The van der Waals surface area contributed by atoms with Gasteiger partial charge in [0.1, 0.15) is 0 Å². The SMILES string of the molecule is CC(C)CC1[C-]=Cc2ccccc21.C[Si]C.Cc1c[c-](C)c(C)c1C.[Hf]. The molecule has 3 rings (SSSR count). The summed E-state index contributed by atoms with van der Waals surface area (Å²) in [4.78, 5) is 0. The molecule has 0 N–H and O–H groups in total. The quantitative estimate of drug-likeness (QED) is 0.289. The number of hydrogen-bond donors (Lipinski definition) is 0. The molecule has 2 aromatic carbocycles. The molecule has 0 aliphatic heterocycles. The van der Waals surface area contributed by atoms with E-state index >= 15 is 0 Å². The minimum atomic E-state index is 0. The Bertz CT molecular complexity index is 657. The van der Waals surface area contributed by atoms with Crippen molar-refractivity contribution >= 4 is 15.6 Å². The molecule has 0 nitrogen and oxygen atoms in total. The number of rotatable bonds is 2. The molecule has 0 saturated heterocycles. The summed E-state index contributed by atoms with van der Waals surface area (Å²) < 4.78 is 0. The van der Waals surface area contributed by atoms with E-state index in [1.54, 1.807) is 0 Å². The third kappa shape index (κ3) is 7.56. The molecular weight excluding hydrogens is 495 g/mol. The summed E-state index contributed by atoms with van der Waals surface area (Å²) in [5.41, 5.74) is 8.55. The van der Waals surface area contributed by atoms with Crippen LogP contribution in [-0.2, 0) is 25.8 Å². The van der Waals surface area contributed by atoms with Gasteiger partial charge in [-0.2, -0.15) is 33.9 Å². The first-order valence-corrected chi connectivity index (χ1v) is 11.3. The summed E-state index contributed by atoms with van der Waals surface area (Å²) in [5, 5.41) is 0. The summed E-state index contributed by atoms with van der Waals surface area (Å²) in [7, 11) is 1.08. The van der Waals surface area contributed by atoms with Crippen molar-refractivity contribution in [1.82, 2.24) is 0 Å². The smallest absolute Gasteiger partial charge is 0.0307 e. The second-order valence-electron chi connectivity index (χ2n) is 7.38. The van der Waals surface area contributed by atoms with Gasteiger partial charge in [-0.05, 0) is 5.92 Å². The molecule has 2 radical (unpaired) electrons. The van der Waals surface area contributed by atoms with Crippen LogP contribution in [0.1, 0.15) is 59.6 Å². The van der Waals surface area contributed by atoms with E-state index in [9.17, 15) is 0 Å². The first-order chi connectivity index (χ1) is 11.8. The molecule has 0 aromatic heterocycles. The van der Waals surface area contributed by atoms with E-state index in [1.165, 1.54) is 39.8 Å². The molecule has 1 aliphatic carbocycles. The molecule has 0 saturated carbocycles.